The number of hydrogen-bond donors (Lipinski definition) is 4. The van der Waals surface area contributed by atoms with Crippen molar-refractivity contribution in [2.75, 3.05) is 25.1 Å². The summed E-state index contributed by atoms with van der Waals surface area (Å²) in [7, 11) is 0. The van der Waals surface area contributed by atoms with E-state index in [1.54, 1.807) is 18.2 Å². The number of hydroxylamine groups is 2. The van der Waals surface area contributed by atoms with Crippen LogP contribution in [0.15, 0.2) is 28.2 Å². The van der Waals surface area contributed by atoms with E-state index in [9.17, 15) is 4.79 Å². The molecule has 6 N–H and O–H groups in total. The van der Waals surface area contributed by atoms with E-state index in [-0.39, 0.29) is 18.0 Å². The van der Waals surface area contributed by atoms with Crippen molar-refractivity contribution >= 4 is 35.2 Å². The van der Waals surface area contributed by atoms with Crippen molar-refractivity contribution in [3.63, 3.8) is 0 Å². The van der Waals surface area contributed by atoms with Gasteiger partial charge in [0.15, 0.2) is 5.66 Å². The Morgan fingerprint density at radius 1 is 1.32 bits per heavy atom. The number of halogens is 1. The van der Waals surface area contributed by atoms with Crippen LogP contribution < -0.4 is 26.8 Å². The minimum atomic E-state index is -0.751. The van der Waals surface area contributed by atoms with E-state index in [4.69, 9.17) is 32.6 Å². The highest BCUT2D eigenvalue weighted by molar-refractivity contribution is 6.32. The topological polar surface area (TPSA) is 140 Å². The van der Waals surface area contributed by atoms with E-state index in [0.29, 0.717) is 42.6 Å². The summed E-state index contributed by atoms with van der Waals surface area (Å²) < 4.78 is 5.69. The van der Waals surface area contributed by atoms with Crippen LogP contribution in [0.1, 0.15) is 27.2 Å². The molecular formula is C17H26ClN7O3. The van der Waals surface area contributed by atoms with Gasteiger partial charge in [0, 0.05) is 24.7 Å². The average Bonchev–Trinajstić information content (AvgIpc) is 2.58. The summed E-state index contributed by atoms with van der Waals surface area (Å²) in [6.45, 7) is 6.66. The van der Waals surface area contributed by atoms with Crippen LogP contribution in [0.3, 0.4) is 0 Å². The van der Waals surface area contributed by atoms with Gasteiger partial charge in [-0.25, -0.2) is 9.79 Å². The molecule has 2 rings (SSSR count). The van der Waals surface area contributed by atoms with Gasteiger partial charge in [-0.1, -0.05) is 11.6 Å². The second-order valence-electron chi connectivity index (χ2n) is 6.39. The molecule has 2 amide bonds. The second kappa shape index (κ2) is 9.47. The first-order chi connectivity index (χ1) is 13.2. The number of nitrogens with one attached hydrogen (secondary N) is 2. The van der Waals surface area contributed by atoms with Crippen LogP contribution in [0, 0.1) is 0 Å². The van der Waals surface area contributed by atoms with Gasteiger partial charge in [-0.15, -0.1) is 0 Å². The minimum Gasteiger partial charge on any atom is -0.492 e. The largest absolute Gasteiger partial charge is 0.492 e. The first-order valence-electron chi connectivity index (χ1n) is 8.82. The molecule has 0 bridgehead atoms. The van der Waals surface area contributed by atoms with Crippen LogP contribution in [0.25, 0.3) is 0 Å². The molecule has 1 aliphatic rings. The number of rotatable bonds is 8. The Kier molecular flexibility index (Phi) is 7.30. The smallest absolute Gasteiger partial charge is 0.319 e. The third-order valence-corrected chi connectivity index (χ3v) is 3.93. The highest BCUT2D eigenvalue weighted by Crippen LogP contribution is 2.28. The van der Waals surface area contributed by atoms with Crippen molar-refractivity contribution in [1.29, 1.82) is 0 Å². The molecule has 11 heteroatoms. The average molecular weight is 412 g/mol. The van der Waals surface area contributed by atoms with E-state index in [1.807, 2.05) is 20.8 Å². The summed E-state index contributed by atoms with van der Waals surface area (Å²) in [6, 6.07) is 4.72. The van der Waals surface area contributed by atoms with E-state index in [2.05, 4.69) is 20.6 Å². The molecule has 0 saturated heterocycles. The molecule has 1 aromatic carbocycles. The molecule has 0 spiro atoms. The molecule has 0 atom stereocenters. The maximum Gasteiger partial charge on any atom is 0.319 e. The summed E-state index contributed by atoms with van der Waals surface area (Å²) in [6.07, 6.45) is 0.559. The molecule has 154 valence electrons. The van der Waals surface area contributed by atoms with Gasteiger partial charge in [0.2, 0.25) is 11.9 Å². The van der Waals surface area contributed by atoms with Gasteiger partial charge in [-0.2, -0.15) is 10.1 Å². The van der Waals surface area contributed by atoms with Crippen LogP contribution >= 0.6 is 11.6 Å². The Morgan fingerprint density at radius 3 is 2.75 bits per heavy atom. The van der Waals surface area contributed by atoms with Crippen molar-refractivity contribution in [2.45, 2.75) is 32.9 Å². The molecule has 10 nitrogen and oxygen atoms in total. The number of urea groups is 1. The number of carbonyl (C=O) groups excluding carboxylic acids is 1. The summed E-state index contributed by atoms with van der Waals surface area (Å²) in [5, 5.41) is 7.21. The minimum absolute atomic E-state index is 0.112. The van der Waals surface area contributed by atoms with Crippen molar-refractivity contribution in [1.82, 2.24) is 10.4 Å². The lowest BCUT2D eigenvalue weighted by atomic mass is 10.2. The molecular weight excluding hydrogens is 386 g/mol. The second-order valence-corrected chi connectivity index (χ2v) is 6.80. The third kappa shape index (κ3) is 5.89. The van der Waals surface area contributed by atoms with Gasteiger partial charge in [-0.3, -0.25) is 4.84 Å². The summed E-state index contributed by atoms with van der Waals surface area (Å²) in [5.74, 6) is 0.722. The first kappa shape index (κ1) is 21.6. The molecule has 0 radical (unpaired) electrons. The molecule has 1 aromatic rings. The highest BCUT2D eigenvalue weighted by Gasteiger charge is 2.32. The summed E-state index contributed by atoms with van der Waals surface area (Å²) in [5.41, 5.74) is 11.3. The van der Waals surface area contributed by atoms with Gasteiger partial charge >= 0.3 is 6.03 Å². The van der Waals surface area contributed by atoms with E-state index < -0.39 is 5.66 Å². The number of anilines is 1. The molecule has 0 saturated carbocycles. The standard InChI is InChI=1S/C17H26ClN7O3/c1-4-21-16(26)22-11-6-7-12(18)13(10-11)27-8-5-9-28-25-15(20)23-14(19)24-17(25,2)3/h6-7,10H,4-5,8-9H2,1-3H3,(H2,21,22,26)(H4,19,20,23,24). The van der Waals surface area contributed by atoms with Gasteiger partial charge in [0.25, 0.3) is 0 Å². The van der Waals surface area contributed by atoms with Crippen molar-refractivity contribution in [3.8, 4) is 5.75 Å². The Morgan fingerprint density at radius 2 is 2.07 bits per heavy atom. The van der Waals surface area contributed by atoms with Crippen LogP contribution in [-0.4, -0.2) is 48.4 Å². The zero-order valence-electron chi connectivity index (χ0n) is 16.2. The SMILES string of the molecule is CCNC(=O)Nc1ccc(Cl)c(OCCCON2C(N)=NC(N)=NC2(C)C)c1. The highest BCUT2D eigenvalue weighted by atomic mass is 35.5. The monoisotopic (exact) mass is 411 g/mol. The molecule has 28 heavy (non-hydrogen) atoms. The number of ether oxygens (including phenoxy) is 1. The number of carbonyl (C=O) groups is 1. The molecule has 1 aliphatic heterocycles. The Bertz CT molecular complexity index is 767. The number of nitrogens with two attached hydrogens (primary N) is 2. The fraction of sp³-hybridized carbons (Fsp3) is 0.471. The van der Waals surface area contributed by atoms with E-state index in [1.165, 1.54) is 5.06 Å². The normalized spacial score (nSPS) is 15.5. The first-order valence-corrected chi connectivity index (χ1v) is 9.20. The maximum absolute atomic E-state index is 11.6. The Hall–Kier alpha value is -2.72. The predicted octanol–water partition coefficient (Wildman–Crippen LogP) is 1.86. The number of amides is 2. The molecule has 0 fully saturated rings. The number of guanidine groups is 2. The lowest BCUT2D eigenvalue weighted by molar-refractivity contribution is -0.158. The third-order valence-electron chi connectivity index (χ3n) is 3.62. The molecule has 0 unspecified atom stereocenters. The van der Waals surface area contributed by atoms with Gasteiger partial charge < -0.3 is 26.8 Å². The van der Waals surface area contributed by atoms with E-state index >= 15 is 0 Å². The van der Waals surface area contributed by atoms with E-state index in [0.717, 1.165) is 0 Å². The lowest BCUT2D eigenvalue weighted by Gasteiger charge is -2.36. The molecule has 1 heterocycles. The predicted molar refractivity (Wildman–Crippen MR) is 109 cm³/mol. The number of hydrogen-bond acceptors (Lipinski definition) is 8. The summed E-state index contributed by atoms with van der Waals surface area (Å²) >= 11 is 6.15. The zero-order valence-corrected chi connectivity index (χ0v) is 16.9. The number of benzene rings is 1. The Labute approximate surface area is 168 Å². The maximum atomic E-state index is 11.6. The van der Waals surface area contributed by atoms with Gasteiger partial charge in [-0.05, 0) is 32.9 Å². The number of nitrogens with zero attached hydrogens (tertiary/aromatic N) is 3. The number of aliphatic imine (C=N–C) groups is 2. The Balaban J connectivity index is 1.82. The van der Waals surface area contributed by atoms with Gasteiger partial charge in [0.1, 0.15) is 5.75 Å². The van der Waals surface area contributed by atoms with Crippen molar-refractivity contribution < 1.29 is 14.4 Å². The van der Waals surface area contributed by atoms with Crippen LogP contribution in [0.5, 0.6) is 5.75 Å². The quantitative estimate of drug-likeness (QED) is 0.481. The van der Waals surface area contributed by atoms with Gasteiger partial charge in [0.05, 0.1) is 18.2 Å². The van der Waals surface area contributed by atoms with Crippen LogP contribution in [0.4, 0.5) is 10.5 Å². The van der Waals surface area contributed by atoms with Crippen molar-refractivity contribution in [3.05, 3.63) is 23.2 Å². The fourth-order valence-corrected chi connectivity index (χ4v) is 2.61. The molecule has 0 aromatic heterocycles. The van der Waals surface area contributed by atoms with Crippen LogP contribution in [-0.2, 0) is 4.84 Å². The van der Waals surface area contributed by atoms with Crippen LogP contribution in [0.2, 0.25) is 5.02 Å². The molecule has 0 aliphatic carbocycles. The lowest BCUT2D eigenvalue weighted by Crippen LogP contribution is -2.53. The summed E-state index contributed by atoms with van der Waals surface area (Å²) in [4.78, 5) is 25.4. The zero-order chi connectivity index (χ0) is 20.7. The fourth-order valence-electron chi connectivity index (χ4n) is 2.44. The van der Waals surface area contributed by atoms with Crippen molar-refractivity contribution in [2.24, 2.45) is 21.5 Å².